The Morgan fingerprint density at radius 3 is 2.61 bits per heavy atom. The zero-order valence-electron chi connectivity index (χ0n) is 16.4. The smallest absolute Gasteiger partial charge is 0.188 e. The molecule has 0 aliphatic carbocycles. The van der Waals surface area contributed by atoms with Gasteiger partial charge >= 0.3 is 0 Å². The van der Waals surface area contributed by atoms with E-state index in [-0.39, 0.29) is 24.0 Å². The number of aliphatic imine (C=N–C) groups is 1. The van der Waals surface area contributed by atoms with Crippen LogP contribution in [0.25, 0.3) is 0 Å². The highest BCUT2D eigenvalue weighted by molar-refractivity contribution is 14.0. The topological polar surface area (TPSA) is 78.1 Å². The number of halogens is 1. The molecule has 0 fully saturated rings. The van der Waals surface area contributed by atoms with Crippen molar-refractivity contribution < 1.29 is 14.2 Å². The number of ether oxygens (including phenoxy) is 3. The van der Waals surface area contributed by atoms with Crippen LogP contribution in [0.15, 0.2) is 41.4 Å². The molecule has 0 bridgehead atoms. The lowest BCUT2D eigenvalue weighted by Gasteiger charge is -2.09. The molecule has 6 nitrogen and oxygen atoms in total. The molecule has 0 radical (unpaired) electrons. The SMILES string of the molecule is COc1ccc(CCN=C(N)NCCc2ccc3c(c2)CCO3)cc1OC.I. The van der Waals surface area contributed by atoms with E-state index < -0.39 is 0 Å². The van der Waals surface area contributed by atoms with E-state index in [1.54, 1.807) is 14.2 Å². The molecule has 2 aromatic carbocycles. The highest BCUT2D eigenvalue weighted by atomic mass is 127. The fourth-order valence-electron chi connectivity index (χ4n) is 3.13. The molecular weight excluding hydrogens is 469 g/mol. The molecule has 0 amide bonds. The largest absolute Gasteiger partial charge is 0.493 e. The van der Waals surface area contributed by atoms with Gasteiger partial charge in [0.1, 0.15) is 5.75 Å². The van der Waals surface area contributed by atoms with Crippen molar-refractivity contribution in [2.75, 3.05) is 33.9 Å². The van der Waals surface area contributed by atoms with E-state index in [2.05, 4.69) is 28.5 Å². The predicted molar refractivity (Wildman–Crippen MR) is 123 cm³/mol. The first kappa shape index (κ1) is 22.1. The number of hydrogen-bond acceptors (Lipinski definition) is 4. The van der Waals surface area contributed by atoms with Gasteiger partial charge in [-0.2, -0.15) is 0 Å². The summed E-state index contributed by atoms with van der Waals surface area (Å²) in [6, 6.07) is 12.3. The second-order valence-electron chi connectivity index (χ2n) is 6.42. The van der Waals surface area contributed by atoms with Gasteiger partial charge in [0.05, 0.1) is 20.8 Å². The fourth-order valence-corrected chi connectivity index (χ4v) is 3.13. The van der Waals surface area contributed by atoms with Crippen molar-refractivity contribution in [2.24, 2.45) is 10.7 Å². The van der Waals surface area contributed by atoms with E-state index >= 15 is 0 Å². The molecule has 0 spiro atoms. The van der Waals surface area contributed by atoms with Crippen LogP contribution in [0.5, 0.6) is 17.2 Å². The summed E-state index contributed by atoms with van der Waals surface area (Å²) in [7, 11) is 3.26. The Morgan fingerprint density at radius 1 is 1.07 bits per heavy atom. The van der Waals surface area contributed by atoms with Crippen LogP contribution in [-0.4, -0.2) is 39.9 Å². The average Bonchev–Trinajstić information content (AvgIpc) is 3.15. The van der Waals surface area contributed by atoms with Crippen molar-refractivity contribution in [3.8, 4) is 17.2 Å². The van der Waals surface area contributed by atoms with Crippen LogP contribution in [-0.2, 0) is 19.3 Å². The molecule has 152 valence electrons. The van der Waals surface area contributed by atoms with Gasteiger partial charge in [0.25, 0.3) is 0 Å². The Bertz CT molecular complexity index is 811. The molecule has 3 N–H and O–H groups in total. The van der Waals surface area contributed by atoms with Crippen molar-refractivity contribution in [3.05, 3.63) is 53.1 Å². The summed E-state index contributed by atoms with van der Waals surface area (Å²) in [5.74, 6) is 2.94. The lowest BCUT2D eigenvalue weighted by atomic mass is 10.1. The zero-order valence-corrected chi connectivity index (χ0v) is 18.7. The van der Waals surface area contributed by atoms with Crippen LogP contribution in [0, 0.1) is 0 Å². The number of guanidine groups is 1. The number of benzene rings is 2. The number of nitrogens with two attached hydrogens (primary N) is 1. The van der Waals surface area contributed by atoms with Crippen LogP contribution in [0.4, 0.5) is 0 Å². The van der Waals surface area contributed by atoms with Crippen molar-refractivity contribution in [1.29, 1.82) is 0 Å². The van der Waals surface area contributed by atoms with Crippen LogP contribution in [0.1, 0.15) is 16.7 Å². The Balaban J connectivity index is 0.00000280. The summed E-state index contributed by atoms with van der Waals surface area (Å²) in [6.45, 7) is 2.16. The predicted octanol–water partition coefficient (Wildman–Crippen LogP) is 2.95. The molecule has 28 heavy (non-hydrogen) atoms. The van der Waals surface area contributed by atoms with Gasteiger partial charge in [0.15, 0.2) is 17.5 Å². The van der Waals surface area contributed by atoms with Gasteiger partial charge < -0.3 is 25.3 Å². The molecule has 0 saturated heterocycles. The van der Waals surface area contributed by atoms with E-state index in [4.69, 9.17) is 19.9 Å². The highest BCUT2D eigenvalue weighted by Gasteiger charge is 2.11. The van der Waals surface area contributed by atoms with Gasteiger partial charge in [0, 0.05) is 19.5 Å². The van der Waals surface area contributed by atoms with Crippen LogP contribution in [0.3, 0.4) is 0 Å². The minimum Gasteiger partial charge on any atom is -0.493 e. The van der Waals surface area contributed by atoms with Gasteiger partial charge in [-0.3, -0.25) is 4.99 Å². The highest BCUT2D eigenvalue weighted by Crippen LogP contribution is 2.28. The minimum atomic E-state index is 0. The van der Waals surface area contributed by atoms with E-state index in [1.807, 2.05) is 18.2 Å². The van der Waals surface area contributed by atoms with Gasteiger partial charge in [-0.1, -0.05) is 18.2 Å². The monoisotopic (exact) mass is 497 g/mol. The third-order valence-electron chi connectivity index (χ3n) is 4.60. The first-order chi connectivity index (χ1) is 13.2. The van der Waals surface area contributed by atoms with E-state index in [9.17, 15) is 0 Å². The number of nitrogens with zero attached hydrogens (tertiary/aromatic N) is 1. The maximum atomic E-state index is 5.97. The molecular formula is C21H28IN3O3. The van der Waals surface area contributed by atoms with E-state index in [0.717, 1.165) is 55.2 Å². The summed E-state index contributed by atoms with van der Waals surface area (Å²) in [5.41, 5.74) is 9.68. The average molecular weight is 497 g/mol. The van der Waals surface area contributed by atoms with Crippen molar-refractivity contribution in [3.63, 3.8) is 0 Å². The Morgan fingerprint density at radius 2 is 1.82 bits per heavy atom. The Kier molecular flexibility index (Phi) is 8.69. The summed E-state index contributed by atoms with van der Waals surface area (Å²) >= 11 is 0. The molecule has 1 aliphatic heterocycles. The van der Waals surface area contributed by atoms with Crippen LogP contribution >= 0.6 is 24.0 Å². The number of hydrogen-bond donors (Lipinski definition) is 2. The van der Waals surface area contributed by atoms with Gasteiger partial charge in [-0.15, -0.1) is 24.0 Å². The van der Waals surface area contributed by atoms with Crippen molar-refractivity contribution in [1.82, 2.24) is 5.32 Å². The molecule has 0 unspecified atom stereocenters. The number of rotatable bonds is 8. The molecule has 0 atom stereocenters. The lowest BCUT2D eigenvalue weighted by Crippen LogP contribution is -2.33. The number of methoxy groups -OCH3 is 2. The first-order valence-corrected chi connectivity index (χ1v) is 9.19. The van der Waals surface area contributed by atoms with Gasteiger partial charge in [-0.25, -0.2) is 0 Å². The van der Waals surface area contributed by atoms with Gasteiger partial charge in [-0.05, 0) is 47.7 Å². The summed E-state index contributed by atoms with van der Waals surface area (Å²) in [4.78, 5) is 4.40. The normalized spacial score (nSPS) is 12.6. The summed E-state index contributed by atoms with van der Waals surface area (Å²) in [5, 5.41) is 3.18. The Labute approximate surface area is 183 Å². The molecule has 3 rings (SSSR count). The Hall–Kier alpha value is -2.16. The number of nitrogens with one attached hydrogen (secondary N) is 1. The lowest BCUT2D eigenvalue weighted by molar-refractivity contribution is 0.354. The maximum Gasteiger partial charge on any atom is 0.188 e. The summed E-state index contributed by atoms with van der Waals surface area (Å²) in [6.07, 6.45) is 2.68. The number of fused-ring (bicyclic) bond motifs is 1. The fraction of sp³-hybridized carbons (Fsp3) is 0.381. The van der Waals surface area contributed by atoms with E-state index in [0.29, 0.717) is 12.5 Å². The standard InChI is InChI=1S/C21H27N3O3.HI/c1-25-19-6-4-16(14-20(19)26-2)8-11-24-21(22)23-10-7-15-3-5-18-17(13-15)9-12-27-18;/h3-6,13-14H,7-12H2,1-2H3,(H3,22,23,24);1H. The first-order valence-electron chi connectivity index (χ1n) is 9.19. The van der Waals surface area contributed by atoms with Gasteiger partial charge in [0.2, 0.25) is 0 Å². The molecule has 1 heterocycles. The van der Waals surface area contributed by atoms with Crippen molar-refractivity contribution >= 4 is 29.9 Å². The molecule has 1 aliphatic rings. The zero-order chi connectivity index (χ0) is 19.1. The second kappa shape index (κ2) is 11.0. The maximum absolute atomic E-state index is 5.97. The molecule has 7 heteroatoms. The van der Waals surface area contributed by atoms with E-state index in [1.165, 1.54) is 11.1 Å². The van der Waals surface area contributed by atoms with Crippen LogP contribution in [0.2, 0.25) is 0 Å². The third-order valence-corrected chi connectivity index (χ3v) is 4.60. The quantitative estimate of drug-likeness (QED) is 0.333. The summed E-state index contributed by atoms with van der Waals surface area (Å²) < 4.78 is 16.1. The molecule has 0 saturated carbocycles. The van der Waals surface area contributed by atoms with Crippen molar-refractivity contribution in [2.45, 2.75) is 19.3 Å². The van der Waals surface area contributed by atoms with Crippen LogP contribution < -0.4 is 25.3 Å². The second-order valence-corrected chi connectivity index (χ2v) is 6.42. The molecule has 2 aromatic rings. The molecule has 0 aromatic heterocycles. The minimum absolute atomic E-state index is 0. The third kappa shape index (κ3) is 5.92.